The number of methoxy groups -OCH3 is 1. The van der Waals surface area contributed by atoms with E-state index < -0.39 is 18.0 Å². The van der Waals surface area contributed by atoms with Gasteiger partial charge in [-0.1, -0.05) is 0 Å². The summed E-state index contributed by atoms with van der Waals surface area (Å²) in [6.45, 7) is 3.38. The monoisotopic (exact) mass is 213 g/mol. The Labute approximate surface area is 88.7 Å². The second-order valence-corrected chi connectivity index (χ2v) is 3.65. The van der Waals surface area contributed by atoms with Crippen molar-refractivity contribution in [3.05, 3.63) is 29.1 Å². The molecule has 3 N–H and O–H groups in total. The molecule has 0 saturated carbocycles. The van der Waals surface area contributed by atoms with Gasteiger partial charge in [-0.3, -0.25) is 0 Å². The predicted molar refractivity (Wildman–Crippen MR) is 56.3 cm³/mol. The van der Waals surface area contributed by atoms with Gasteiger partial charge in [0.15, 0.2) is 0 Å². The second-order valence-electron chi connectivity index (χ2n) is 3.65. The molecule has 0 fully saturated rings. The molecular weight excluding hydrogens is 197 g/mol. The topological polar surface area (TPSA) is 55.5 Å². The third-order valence-electron chi connectivity index (χ3n) is 2.29. The summed E-state index contributed by atoms with van der Waals surface area (Å²) in [6.07, 6.45) is -0.922. The average Bonchev–Trinajstić information content (AvgIpc) is 2.15. The van der Waals surface area contributed by atoms with Gasteiger partial charge in [-0.2, -0.15) is 0 Å². The molecule has 0 aliphatic heterocycles. The Hall–Kier alpha value is -1.13. The third-order valence-corrected chi connectivity index (χ3v) is 2.29. The lowest BCUT2D eigenvalue weighted by molar-refractivity contribution is 0.149. The zero-order chi connectivity index (χ0) is 11.6. The number of nitrogens with two attached hydrogens (primary N) is 1. The van der Waals surface area contributed by atoms with Gasteiger partial charge >= 0.3 is 0 Å². The number of hydrogen-bond acceptors (Lipinski definition) is 3. The lowest BCUT2D eigenvalue weighted by atomic mass is 10.0. The molecule has 1 aromatic rings. The zero-order valence-corrected chi connectivity index (χ0v) is 9.12. The van der Waals surface area contributed by atoms with Crippen LogP contribution in [-0.2, 0) is 0 Å². The van der Waals surface area contributed by atoms with Crippen molar-refractivity contribution >= 4 is 0 Å². The number of aryl methyl sites for hydroxylation is 1. The molecule has 0 aromatic heterocycles. The van der Waals surface area contributed by atoms with Crippen LogP contribution >= 0.6 is 0 Å². The van der Waals surface area contributed by atoms with Crippen molar-refractivity contribution in [1.29, 1.82) is 0 Å². The first-order valence-electron chi connectivity index (χ1n) is 4.75. The minimum absolute atomic E-state index is 0.394. The molecule has 4 heteroatoms. The summed E-state index contributed by atoms with van der Waals surface area (Å²) in [7, 11) is 1.48. The molecule has 0 radical (unpaired) electrons. The van der Waals surface area contributed by atoms with E-state index in [1.54, 1.807) is 13.8 Å². The molecular formula is C11H16FNO2. The van der Waals surface area contributed by atoms with Crippen LogP contribution < -0.4 is 10.5 Å². The fraction of sp³-hybridized carbons (Fsp3) is 0.455. The van der Waals surface area contributed by atoms with Gasteiger partial charge in [0, 0.05) is 11.6 Å². The molecule has 0 saturated heterocycles. The molecule has 0 bridgehead atoms. The summed E-state index contributed by atoms with van der Waals surface area (Å²) in [5, 5.41) is 9.79. The highest BCUT2D eigenvalue weighted by Gasteiger charge is 2.19. The first-order valence-corrected chi connectivity index (χ1v) is 4.75. The summed E-state index contributed by atoms with van der Waals surface area (Å²) >= 11 is 0. The summed E-state index contributed by atoms with van der Waals surface area (Å²) in [5.41, 5.74) is 6.60. The molecule has 84 valence electrons. The van der Waals surface area contributed by atoms with Crippen LogP contribution in [0.25, 0.3) is 0 Å². The van der Waals surface area contributed by atoms with Crippen molar-refractivity contribution in [2.75, 3.05) is 7.11 Å². The highest BCUT2D eigenvalue weighted by molar-refractivity contribution is 5.43. The number of rotatable bonds is 3. The maximum Gasteiger partial charge on any atom is 0.127 e. The minimum atomic E-state index is -0.922. The molecule has 0 spiro atoms. The Kier molecular flexibility index (Phi) is 3.66. The number of halogens is 1. The SMILES string of the molecule is COc1c(C)cc(F)cc1C(O)C(C)N. The maximum atomic E-state index is 13.2. The van der Waals surface area contributed by atoms with E-state index in [0.29, 0.717) is 16.9 Å². The normalized spacial score (nSPS) is 14.8. The van der Waals surface area contributed by atoms with Crippen molar-refractivity contribution in [3.8, 4) is 5.75 Å². The Bertz CT molecular complexity index is 353. The molecule has 2 atom stereocenters. The maximum absolute atomic E-state index is 13.2. The van der Waals surface area contributed by atoms with Gasteiger partial charge in [0.05, 0.1) is 13.2 Å². The van der Waals surface area contributed by atoms with Crippen LogP contribution in [0.5, 0.6) is 5.75 Å². The van der Waals surface area contributed by atoms with E-state index in [-0.39, 0.29) is 0 Å². The highest BCUT2D eigenvalue weighted by atomic mass is 19.1. The summed E-state index contributed by atoms with van der Waals surface area (Å²) < 4.78 is 18.3. The standard InChI is InChI=1S/C11H16FNO2/c1-6-4-8(12)5-9(11(6)15-3)10(14)7(2)13/h4-5,7,10,14H,13H2,1-3H3. The number of aliphatic hydroxyl groups excluding tert-OH is 1. The molecule has 15 heavy (non-hydrogen) atoms. The smallest absolute Gasteiger partial charge is 0.127 e. The number of hydrogen-bond donors (Lipinski definition) is 2. The van der Waals surface area contributed by atoms with Crippen LogP contribution in [0.4, 0.5) is 4.39 Å². The summed E-state index contributed by atoms with van der Waals surface area (Å²) in [5.74, 6) is 0.0872. The lowest BCUT2D eigenvalue weighted by Gasteiger charge is -2.19. The Morgan fingerprint density at radius 3 is 2.53 bits per heavy atom. The van der Waals surface area contributed by atoms with E-state index in [4.69, 9.17) is 10.5 Å². The highest BCUT2D eigenvalue weighted by Crippen LogP contribution is 2.30. The molecule has 3 nitrogen and oxygen atoms in total. The van der Waals surface area contributed by atoms with Gasteiger partial charge < -0.3 is 15.6 Å². The fourth-order valence-corrected chi connectivity index (χ4v) is 1.54. The van der Waals surface area contributed by atoms with Gasteiger partial charge in [-0.15, -0.1) is 0 Å². The van der Waals surface area contributed by atoms with Crippen molar-refractivity contribution < 1.29 is 14.2 Å². The van der Waals surface area contributed by atoms with Gasteiger partial charge in [0.2, 0.25) is 0 Å². The zero-order valence-electron chi connectivity index (χ0n) is 9.12. The molecule has 0 amide bonds. The Morgan fingerprint density at radius 1 is 1.47 bits per heavy atom. The molecule has 0 aliphatic carbocycles. The van der Waals surface area contributed by atoms with Gasteiger partial charge in [-0.25, -0.2) is 4.39 Å². The minimum Gasteiger partial charge on any atom is -0.496 e. The first kappa shape index (κ1) is 11.9. The van der Waals surface area contributed by atoms with Gasteiger partial charge in [-0.05, 0) is 31.5 Å². The molecule has 1 rings (SSSR count). The first-order chi connectivity index (χ1) is 6.97. The quantitative estimate of drug-likeness (QED) is 0.800. The van der Waals surface area contributed by atoms with E-state index in [9.17, 15) is 9.50 Å². The van der Waals surface area contributed by atoms with E-state index >= 15 is 0 Å². The van der Waals surface area contributed by atoms with Crippen molar-refractivity contribution in [1.82, 2.24) is 0 Å². The average molecular weight is 213 g/mol. The van der Waals surface area contributed by atoms with Crippen LogP contribution in [-0.4, -0.2) is 18.3 Å². The van der Waals surface area contributed by atoms with Crippen LogP contribution in [0.15, 0.2) is 12.1 Å². The second kappa shape index (κ2) is 4.59. The van der Waals surface area contributed by atoms with E-state index in [1.807, 2.05) is 0 Å². The van der Waals surface area contributed by atoms with Crippen LogP contribution in [0.3, 0.4) is 0 Å². The van der Waals surface area contributed by atoms with Crippen molar-refractivity contribution in [2.24, 2.45) is 5.73 Å². The largest absolute Gasteiger partial charge is 0.496 e. The van der Waals surface area contributed by atoms with E-state index in [1.165, 1.54) is 19.2 Å². The van der Waals surface area contributed by atoms with E-state index in [2.05, 4.69) is 0 Å². The number of ether oxygens (including phenoxy) is 1. The lowest BCUT2D eigenvalue weighted by Crippen LogP contribution is -2.25. The molecule has 1 aromatic carbocycles. The number of benzene rings is 1. The predicted octanol–water partition coefficient (Wildman–Crippen LogP) is 1.52. The van der Waals surface area contributed by atoms with Crippen molar-refractivity contribution in [3.63, 3.8) is 0 Å². The van der Waals surface area contributed by atoms with Crippen LogP contribution in [0, 0.1) is 12.7 Å². The van der Waals surface area contributed by atoms with E-state index in [0.717, 1.165) is 0 Å². The van der Waals surface area contributed by atoms with Gasteiger partial charge in [0.1, 0.15) is 11.6 Å². The Balaban J connectivity index is 3.26. The number of aliphatic hydroxyl groups is 1. The fourth-order valence-electron chi connectivity index (χ4n) is 1.54. The summed E-state index contributed by atoms with van der Waals surface area (Å²) in [4.78, 5) is 0. The van der Waals surface area contributed by atoms with Crippen LogP contribution in [0.2, 0.25) is 0 Å². The third kappa shape index (κ3) is 2.46. The molecule has 0 aliphatic rings. The molecule has 0 heterocycles. The van der Waals surface area contributed by atoms with Gasteiger partial charge in [0.25, 0.3) is 0 Å². The summed E-state index contributed by atoms with van der Waals surface area (Å²) in [6, 6.07) is 2.14. The van der Waals surface area contributed by atoms with Crippen LogP contribution in [0.1, 0.15) is 24.2 Å². The molecule has 2 unspecified atom stereocenters. The van der Waals surface area contributed by atoms with Crippen molar-refractivity contribution in [2.45, 2.75) is 26.0 Å². The Morgan fingerprint density at radius 2 is 2.07 bits per heavy atom.